The molecule has 0 unspecified atom stereocenters. The topological polar surface area (TPSA) is 93.1 Å². The van der Waals surface area contributed by atoms with Gasteiger partial charge in [0, 0.05) is 18.3 Å². The second kappa shape index (κ2) is 6.41. The molecule has 2 heterocycles. The van der Waals surface area contributed by atoms with E-state index in [2.05, 4.69) is 15.7 Å². The number of carbonyl (C=O) groups is 1. The predicted molar refractivity (Wildman–Crippen MR) is 87.4 cm³/mol. The molecule has 23 heavy (non-hydrogen) atoms. The van der Waals surface area contributed by atoms with Gasteiger partial charge in [-0.15, -0.1) is 5.10 Å². The molecular weight excluding hydrogens is 316 g/mol. The van der Waals surface area contributed by atoms with Gasteiger partial charge in [-0.2, -0.15) is 0 Å². The summed E-state index contributed by atoms with van der Waals surface area (Å²) in [7, 11) is -3.04. The minimum absolute atomic E-state index is 0.00112. The van der Waals surface area contributed by atoms with Crippen molar-refractivity contribution < 1.29 is 13.2 Å². The molecule has 7 nitrogen and oxygen atoms in total. The number of carbonyl (C=O) groups excluding carboxylic acids is 1. The number of para-hydroxylation sites is 1. The molecular formula is C15H18N4O3S. The van der Waals surface area contributed by atoms with E-state index in [1.54, 1.807) is 16.9 Å². The molecule has 1 aliphatic rings. The van der Waals surface area contributed by atoms with E-state index in [1.807, 2.05) is 30.3 Å². The number of amides is 2. The zero-order chi connectivity index (χ0) is 16.3. The van der Waals surface area contributed by atoms with E-state index >= 15 is 0 Å². The highest BCUT2D eigenvalue weighted by Crippen LogP contribution is 2.13. The number of nitrogens with zero attached hydrogens (tertiary/aromatic N) is 2. The molecule has 1 aromatic carbocycles. The van der Waals surface area contributed by atoms with Gasteiger partial charge in [-0.1, -0.05) is 18.2 Å². The molecule has 2 N–H and O–H groups in total. The van der Waals surface area contributed by atoms with Crippen molar-refractivity contribution in [3.63, 3.8) is 0 Å². The average Bonchev–Trinajstić information content (AvgIpc) is 2.95. The highest BCUT2D eigenvalue weighted by atomic mass is 32.2. The first kappa shape index (κ1) is 15.5. The molecule has 0 bridgehead atoms. The summed E-state index contributed by atoms with van der Waals surface area (Å²) in [5.41, 5.74) is 0.888. The van der Waals surface area contributed by atoms with E-state index in [0.29, 0.717) is 18.7 Å². The maximum Gasteiger partial charge on any atom is 0.320 e. The first-order valence-corrected chi connectivity index (χ1v) is 9.23. The second-order valence-electron chi connectivity index (χ2n) is 5.53. The fourth-order valence-electron chi connectivity index (χ4n) is 2.59. The average molecular weight is 334 g/mol. The van der Waals surface area contributed by atoms with Crippen LogP contribution in [-0.2, 0) is 9.84 Å². The largest absolute Gasteiger partial charge is 0.334 e. The Hall–Kier alpha value is -2.35. The molecule has 0 radical (unpaired) electrons. The Kier molecular flexibility index (Phi) is 4.33. The van der Waals surface area contributed by atoms with Crippen LogP contribution in [0.1, 0.15) is 12.8 Å². The maximum absolute atomic E-state index is 12.0. The summed E-state index contributed by atoms with van der Waals surface area (Å²) in [4.78, 5) is 12.0. The van der Waals surface area contributed by atoms with Crippen molar-refractivity contribution in [2.75, 3.05) is 16.8 Å². The van der Waals surface area contributed by atoms with E-state index in [4.69, 9.17) is 0 Å². The predicted octanol–water partition coefficient (Wildman–Crippen LogP) is 1.57. The van der Waals surface area contributed by atoms with Gasteiger partial charge < -0.3 is 5.32 Å². The van der Waals surface area contributed by atoms with E-state index in [-0.39, 0.29) is 17.5 Å². The third-order valence-electron chi connectivity index (χ3n) is 3.65. The van der Waals surface area contributed by atoms with Crippen molar-refractivity contribution >= 4 is 21.7 Å². The van der Waals surface area contributed by atoms with Crippen LogP contribution in [0.15, 0.2) is 42.6 Å². The first-order chi connectivity index (χ1) is 11.0. The highest BCUT2D eigenvalue weighted by molar-refractivity contribution is 7.91. The lowest BCUT2D eigenvalue weighted by Gasteiger charge is -2.22. The Bertz CT molecular complexity index is 786. The number of nitrogens with one attached hydrogen (secondary N) is 2. The van der Waals surface area contributed by atoms with Gasteiger partial charge in [-0.05, 0) is 25.0 Å². The van der Waals surface area contributed by atoms with Crippen molar-refractivity contribution in [1.29, 1.82) is 0 Å². The molecule has 1 saturated heterocycles. The van der Waals surface area contributed by atoms with Gasteiger partial charge in [0.05, 0.1) is 17.2 Å². The van der Waals surface area contributed by atoms with Crippen molar-refractivity contribution in [1.82, 2.24) is 15.1 Å². The van der Waals surface area contributed by atoms with Crippen LogP contribution in [0.4, 0.5) is 10.6 Å². The van der Waals surface area contributed by atoms with Crippen LogP contribution in [0, 0.1) is 0 Å². The summed E-state index contributed by atoms with van der Waals surface area (Å²) in [6, 6.07) is 10.4. The van der Waals surface area contributed by atoms with Gasteiger partial charge in [0.15, 0.2) is 15.7 Å². The van der Waals surface area contributed by atoms with E-state index in [0.717, 1.165) is 5.69 Å². The third-order valence-corrected chi connectivity index (χ3v) is 5.47. The number of aromatic nitrogens is 2. The Morgan fingerprint density at radius 3 is 2.74 bits per heavy atom. The Morgan fingerprint density at radius 2 is 2.00 bits per heavy atom. The fourth-order valence-corrected chi connectivity index (χ4v) is 4.23. The van der Waals surface area contributed by atoms with Crippen LogP contribution < -0.4 is 10.6 Å². The molecule has 8 heteroatoms. The van der Waals surface area contributed by atoms with Gasteiger partial charge in [0.25, 0.3) is 0 Å². The van der Waals surface area contributed by atoms with Gasteiger partial charge >= 0.3 is 6.03 Å². The molecule has 1 aromatic heterocycles. The molecule has 2 amide bonds. The molecule has 3 rings (SSSR count). The summed E-state index contributed by atoms with van der Waals surface area (Å²) in [5, 5.41) is 9.59. The Morgan fingerprint density at radius 1 is 1.22 bits per heavy atom. The minimum Gasteiger partial charge on any atom is -0.334 e. The van der Waals surface area contributed by atoms with Gasteiger partial charge in [-0.3, -0.25) is 5.32 Å². The van der Waals surface area contributed by atoms with E-state index in [9.17, 15) is 13.2 Å². The summed E-state index contributed by atoms with van der Waals surface area (Å²) in [5.74, 6) is 0.609. The van der Waals surface area contributed by atoms with Crippen LogP contribution in [0.3, 0.4) is 0 Å². The molecule has 1 atom stereocenters. The summed E-state index contributed by atoms with van der Waals surface area (Å²) in [6.45, 7) is 0. The maximum atomic E-state index is 12.0. The first-order valence-electron chi connectivity index (χ1n) is 7.41. The Balaban J connectivity index is 1.59. The fraction of sp³-hybridized carbons (Fsp3) is 0.333. The monoisotopic (exact) mass is 334 g/mol. The molecule has 1 aliphatic heterocycles. The van der Waals surface area contributed by atoms with Crippen molar-refractivity contribution in [2.24, 2.45) is 0 Å². The standard InChI is InChI=1S/C15H18N4O3S/c20-15(16-12-5-4-10-23(21,22)11-12)17-14-8-9-19(18-14)13-6-2-1-3-7-13/h1-3,6-9,12H,4-5,10-11H2,(H2,16,17,18,20)/t12-/m1/s1. The summed E-state index contributed by atoms with van der Waals surface area (Å²) < 4.78 is 24.8. The smallest absolute Gasteiger partial charge is 0.320 e. The van der Waals surface area contributed by atoms with Crippen molar-refractivity contribution in [2.45, 2.75) is 18.9 Å². The number of sulfone groups is 1. The lowest BCUT2D eigenvalue weighted by molar-refractivity contribution is 0.248. The number of rotatable bonds is 3. The quantitative estimate of drug-likeness (QED) is 0.891. The minimum atomic E-state index is -3.04. The van der Waals surface area contributed by atoms with E-state index < -0.39 is 15.9 Å². The van der Waals surface area contributed by atoms with Crippen LogP contribution in [-0.4, -0.2) is 41.8 Å². The molecule has 122 valence electrons. The molecule has 1 fully saturated rings. The number of benzene rings is 1. The Labute approximate surface area is 134 Å². The van der Waals surface area contributed by atoms with Crippen molar-refractivity contribution in [3.05, 3.63) is 42.6 Å². The number of hydrogen-bond donors (Lipinski definition) is 2. The van der Waals surface area contributed by atoms with E-state index in [1.165, 1.54) is 0 Å². The van der Waals surface area contributed by atoms with Crippen LogP contribution in [0.2, 0.25) is 0 Å². The van der Waals surface area contributed by atoms with Crippen LogP contribution in [0.25, 0.3) is 5.69 Å². The lowest BCUT2D eigenvalue weighted by atomic mass is 10.2. The third kappa shape index (κ3) is 4.10. The number of urea groups is 1. The molecule has 0 saturated carbocycles. The second-order valence-corrected chi connectivity index (χ2v) is 7.76. The zero-order valence-corrected chi connectivity index (χ0v) is 13.3. The normalized spacial score (nSPS) is 19.9. The number of anilines is 1. The molecule has 2 aromatic rings. The van der Waals surface area contributed by atoms with Crippen LogP contribution in [0.5, 0.6) is 0 Å². The highest BCUT2D eigenvalue weighted by Gasteiger charge is 2.25. The molecule has 0 aliphatic carbocycles. The summed E-state index contributed by atoms with van der Waals surface area (Å²) in [6.07, 6.45) is 3.00. The summed E-state index contributed by atoms with van der Waals surface area (Å²) >= 11 is 0. The SMILES string of the molecule is O=C(Nc1ccn(-c2ccccc2)n1)N[C@@H]1CCCS(=O)(=O)C1. The van der Waals surface area contributed by atoms with Gasteiger partial charge in [0.2, 0.25) is 0 Å². The van der Waals surface area contributed by atoms with Crippen molar-refractivity contribution in [3.8, 4) is 5.69 Å². The van der Waals surface area contributed by atoms with Crippen LogP contribution >= 0.6 is 0 Å². The van der Waals surface area contributed by atoms with Gasteiger partial charge in [0.1, 0.15) is 0 Å². The number of hydrogen-bond acceptors (Lipinski definition) is 4. The zero-order valence-electron chi connectivity index (χ0n) is 12.5. The molecule has 0 spiro atoms. The van der Waals surface area contributed by atoms with Gasteiger partial charge in [-0.25, -0.2) is 17.9 Å². The lowest BCUT2D eigenvalue weighted by Crippen LogP contribution is -2.45.